The molecule has 0 aromatic carbocycles. The SMILES string of the molecule is CCCNC(CC)N(O)OC. The molecule has 1 atom stereocenters. The maximum atomic E-state index is 9.09. The van der Waals surface area contributed by atoms with Crippen LogP contribution in [0.15, 0.2) is 0 Å². The highest BCUT2D eigenvalue weighted by Crippen LogP contribution is 1.96. The Balaban J connectivity index is 3.56. The summed E-state index contributed by atoms with van der Waals surface area (Å²) in [6.07, 6.45) is 1.76. The fourth-order valence-corrected chi connectivity index (χ4v) is 0.817. The molecule has 0 amide bonds. The maximum absolute atomic E-state index is 9.09. The van der Waals surface area contributed by atoms with Gasteiger partial charge in [-0.1, -0.05) is 19.1 Å². The van der Waals surface area contributed by atoms with Gasteiger partial charge in [0.1, 0.15) is 6.17 Å². The number of rotatable bonds is 6. The first kappa shape index (κ1) is 10.8. The molecule has 68 valence electrons. The molecule has 0 fully saturated rings. The molecule has 0 aromatic heterocycles. The highest BCUT2D eigenvalue weighted by molar-refractivity contribution is 4.54. The van der Waals surface area contributed by atoms with Gasteiger partial charge in [-0.15, -0.1) is 0 Å². The van der Waals surface area contributed by atoms with Gasteiger partial charge in [0.25, 0.3) is 0 Å². The minimum atomic E-state index is -0.0973. The second-order valence-electron chi connectivity index (χ2n) is 2.36. The van der Waals surface area contributed by atoms with Crippen LogP contribution in [0.3, 0.4) is 0 Å². The molecule has 0 spiro atoms. The molecule has 0 saturated heterocycles. The fourth-order valence-electron chi connectivity index (χ4n) is 0.817. The highest BCUT2D eigenvalue weighted by atomic mass is 16.9. The third kappa shape index (κ3) is 4.31. The molecule has 0 rings (SSSR count). The monoisotopic (exact) mass is 162 g/mol. The van der Waals surface area contributed by atoms with Crippen LogP contribution >= 0.6 is 0 Å². The predicted octanol–water partition coefficient (Wildman–Crippen LogP) is 0.975. The van der Waals surface area contributed by atoms with Crippen LogP contribution in [0.4, 0.5) is 0 Å². The zero-order chi connectivity index (χ0) is 8.69. The van der Waals surface area contributed by atoms with Crippen molar-refractivity contribution in [3.05, 3.63) is 0 Å². The summed E-state index contributed by atoms with van der Waals surface area (Å²) in [5, 5.41) is 13.1. The lowest BCUT2D eigenvalue weighted by Gasteiger charge is -2.22. The summed E-state index contributed by atoms with van der Waals surface area (Å²) < 4.78 is 0. The minimum absolute atomic E-state index is 0.0973. The maximum Gasteiger partial charge on any atom is 0.112 e. The predicted molar refractivity (Wildman–Crippen MR) is 43.0 cm³/mol. The summed E-state index contributed by atoms with van der Waals surface area (Å²) in [7, 11) is 1.44. The Morgan fingerprint density at radius 1 is 1.55 bits per heavy atom. The topological polar surface area (TPSA) is 44.7 Å². The van der Waals surface area contributed by atoms with Crippen molar-refractivity contribution in [1.82, 2.24) is 10.5 Å². The lowest BCUT2D eigenvalue weighted by Crippen LogP contribution is -2.43. The quantitative estimate of drug-likeness (QED) is 0.451. The lowest BCUT2D eigenvalue weighted by atomic mass is 10.3. The largest absolute Gasteiger partial charge is 0.298 e. The van der Waals surface area contributed by atoms with E-state index < -0.39 is 0 Å². The molecule has 4 nitrogen and oxygen atoms in total. The van der Waals surface area contributed by atoms with Gasteiger partial charge >= 0.3 is 0 Å². The lowest BCUT2D eigenvalue weighted by molar-refractivity contribution is -0.353. The van der Waals surface area contributed by atoms with Crippen molar-refractivity contribution < 1.29 is 10.0 Å². The van der Waals surface area contributed by atoms with Gasteiger partial charge in [0.15, 0.2) is 0 Å². The van der Waals surface area contributed by atoms with Crippen LogP contribution in [-0.2, 0) is 4.84 Å². The molecule has 0 aromatic rings. The van der Waals surface area contributed by atoms with Crippen LogP contribution in [0, 0.1) is 0 Å². The molecule has 11 heavy (non-hydrogen) atoms. The van der Waals surface area contributed by atoms with Gasteiger partial charge < -0.3 is 0 Å². The second kappa shape index (κ2) is 6.54. The Morgan fingerprint density at radius 3 is 2.55 bits per heavy atom. The van der Waals surface area contributed by atoms with Crippen molar-refractivity contribution in [2.75, 3.05) is 13.7 Å². The Kier molecular flexibility index (Phi) is 6.45. The van der Waals surface area contributed by atoms with Crippen molar-refractivity contribution in [1.29, 1.82) is 0 Å². The summed E-state index contributed by atoms with van der Waals surface area (Å²) >= 11 is 0. The van der Waals surface area contributed by atoms with Gasteiger partial charge in [0.2, 0.25) is 0 Å². The number of nitrogens with zero attached hydrogens (tertiary/aromatic N) is 1. The molecule has 0 heterocycles. The van der Waals surface area contributed by atoms with Crippen molar-refractivity contribution in [3.8, 4) is 0 Å². The van der Waals surface area contributed by atoms with Crippen LogP contribution in [-0.4, -0.2) is 30.3 Å². The van der Waals surface area contributed by atoms with Gasteiger partial charge in [-0.25, -0.2) is 0 Å². The Bertz CT molecular complexity index is 90.5. The summed E-state index contributed by atoms with van der Waals surface area (Å²) in [6, 6.07) is 0. The molecular formula is C7H18N2O2. The number of hydrogen-bond donors (Lipinski definition) is 2. The highest BCUT2D eigenvalue weighted by Gasteiger charge is 2.11. The molecular weight excluding hydrogens is 144 g/mol. The summed E-state index contributed by atoms with van der Waals surface area (Å²) in [4.78, 5) is 4.63. The number of hydroxylamine groups is 2. The van der Waals surface area contributed by atoms with Crippen LogP contribution < -0.4 is 5.32 Å². The minimum Gasteiger partial charge on any atom is -0.298 e. The Morgan fingerprint density at radius 2 is 2.18 bits per heavy atom. The van der Waals surface area contributed by atoms with Gasteiger partial charge in [-0.05, 0) is 19.4 Å². The zero-order valence-corrected chi connectivity index (χ0v) is 7.50. The van der Waals surface area contributed by atoms with E-state index in [2.05, 4.69) is 17.1 Å². The van der Waals surface area contributed by atoms with Gasteiger partial charge in [0, 0.05) is 0 Å². The average Bonchev–Trinajstić information content (AvgIpc) is 2.05. The van der Waals surface area contributed by atoms with E-state index in [0.717, 1.165) is 24.6 Å². The molecule has 0 aliphatic rings. The van der Waals surface area contributed by atoms with Gasteiger partial charge in [-0.2, -0.15) is 0 Å². The molecule has 0 bridgehead atoms. The second-order valence-corrected chi connectivity index (χ2v) is 2.36. The van der Waals surface area contributed by atoms with Gasteiger partial charge in [0.05, 0.1) is 7.11 Å². The smallest absolute Gasteiger partial charge is 0.112 e. The number of hydrogen-bond acceptors (Lipinski definition) is 4. The van der Waals surface area contributed by atoms with Crippen molar-refractivity contribution >= 4 is 0 Å². The van der Waals surface area contributed by atoms with Crippen molar-refractivity contribution in [2.24, 2.45) is 0 Å². The standard InChI is InChI=1S/C7H18N2O2/c1-4-6-8-7(5-2)9(10)11-3/h7-8,10H,4-6H2,1-3H3. The third-order valence-electron chi connectivity index (χ3n) is 1.47. The van der Waals surface area contributed by atoms with Crippen molar-refractivity contribution in [3.63, 3.8) is 0 Å². The fraction of sp³-hybridized carbons (Fsp3) is 1.00. The molecule has 4 heteroatoms. The van der Waals surface area contributed by atoms with Crippen LogP contribution in [0.5, 0.6) is 0 Å². The molecule has 2 N–H and O–H groups in total. The molecule has 0 saturated carbocycles. The molecule has 1 unspecified atom stereocenters. The van der Waals surface area contributed by atoms with E-state index in [1.807, 2.05) is 6.92 Å². The first-order valence-electron chi connectivity index (χ1n) is 4.01. The molecule has 0 aliphatic carbocycles. The van der Waals surface area contributed by atoms with Crippen LogP contribution in [0.2, 0.25) is 0 Å². The van der Waals surface area contributed by atoms with E-state index in [9.17, 15) is 0 Å². The summed E-state index contributed by atoms with van der Waals surface area (Å²) in [5.41, 5.74) is 0. The summed E-state index contributed by atoms with van der Waals surface area (Å²) in [6.45, 7) is 4.95. The van der Waals surface area contributed by atoms with E-state index in [0.29, 0.717) is 0 Å². The first-order chi connectivity index (χ1) is 5.26. The van der Waals surface area contributed by atoms with E-state index in [-0.39, 0.29) is 6.17 Å². The van der Waals surface area contributed by atoms with Crippen LogP contribution in [0.25, 0.3) is 0 Å². The summed E-state index contributed by atoms with van der Waals surface area (Å²) in [5.74, 6) is 0. The third-order valence-corrected chi connectivity index (χ3v) is 1.47. The van der Waals surface area contributed by atoms with Crippen LogP contribution in [0.1, 0.15) is 26.7 Å². The Labute approximate surface area is 68.1 Å². The van der Waals surface area contributed by atoms with E-state index in [4.69, 9.17) is 5.21 Å². The van der Waals surface area contributed by atoms with E-state index in [1.54, 1.807) is 0 Å². The molecule has 0 radical (unpaired) electrons. The molecule has 0 aliphatic heterocycles. The average molecular weight is 162 g/mol. The Hall–Kier alpha value is -0.160. The van der Waals surface area contributed by atoms with Crippen molar-refractivity contribution in [2.45, 2.75) is 32.9 Å². The van der Waals surface area contributed by atoms with E-state index in [1.165, 1.54) is 7.11 Å². The first-order valence-corrected chi connectivity index (χ1v) is 4.01. The normalized spacial score (nSPS) is 13.9. The van der Waals surface area contributed by atoms with E-state index >= 15 is 0 Å². The zero-order valence-electron chi connectivity index (χ0n) is 7.50. The number of nitrogens with one attached hydrogen (secondary N) is 1. The van der Waals surface area contributed by atoms with Gasteiger partial charge in [-0.3, -0.25) is 15.4 Å².